The highest BCUT2D eigenvalue weighted by atomic mass is 35.5. The summed E-state index contributed by atoms with van der Waals surface area (Å²) in [7, 11) is 0. The standard InChI is InChI=1S/C17H14Cl2N6O/c1-8-4-9(2)24(22-8)14-7-20-17-15(10(3)23-25(14)17)21-11-5-12(18)16(26)13(19)6-11/h4-7,26H,1-3H3. The molecule has 1 aromatic carbocycles. The van der Waals surface area contributed by atoms with Gasteiger partial charge in [0.15, 0.2) is 17.4 Å². The average Bonchev–Trinajstić information content (AvgIpc) is 3.20. The third-order valence-electron chi connectivity index (χ3n) is 3.99. The van der Waals surface area contributed by atoms with E-state index in [4.69, 9.17) is 23.2 Å². The summed E-state index contributed by atoms with van der Waals surface area (Å²) in [5, 5.41) is 19.0. The number of benzene rings is 1. The Hall–Kier alpha value is -2.64. The lowest BCUT2D eigenvalue weighted by molar-refractivity contribution is 0.476. The maximum absolute atomic E-state index is 9.70. The van der Waals surface area contributed by atoms with Crippen LogP contribution in [0.1, 0.15) is 24.1 Å². The molecule has 0 bridgehead atoms. The monoisotopic (exact) mass is 388 g/mol. The van der Waals surface area contributed by atoms with Crippen molar-refractivity contribution in [3.8, 4) is 11.6 Å². The summed E-state index contributed by atoms with van der Waals surface area (Å²) >= 11 is 12.0. The van der Waals surface area contributed by atoms with Crippen molar-refractivity contribution in [2.75, 3.05) is 0 Å². The number of halogens is 2. The number of aromatic hydroxyl groups is 1. The quantitative estimate of drug-likeness (QED) is 0.718. The van der Waals surface area contributed by atoms with Gasteiger partial charge in [-0.25, -0.2) is 14.7 Å². The molecule has 0 fully saturated rings. The molecule has 132 valence electrons. The molecule has 0 atom stereocenters. The first kappa shape index (κ1) is 16.8. The van der Waals surface area contributed by atoms with Gasteiger partial charge in [-0.15, -0.1) is 0 Å². The third kappa shape index (κ3) is 2.60. The topological polar surface area (TPSA) is 80.6 Å². The van der Waals surface area contributed by atoms with Crippen molar-refractivity contribution in [1.82, 2.24) is 19.4 Å². The van der Waals surface area contributed by atoms with E-state index >= 15 is 0 Å². The highest BCUT2D eigenvalue weighted by molar-refractivity contribution is 6.48. The third-order valence-corrected chi connectivity index (χ3v) is 4.57. The zero-order chi connectivity index (χ0) is 18.6. The van der Waals surface area contributed by atoms with Crippen molar-refractivity contribution in [3.63, 3.8) is 0 Å². The van der Waals surface area contributed by atoms with Crippen LogP contribution in [0.25, 0.3) is 5.82 Å². The average molecular weight is 389 g/mol. The molecule has 7 nitrogen and oxygen atoms in total. The number of aromatic nitrogens is 4. The van der Waals surface area contributed by atoms with Gasteiger partial charge in [-0.3, -0.25) is 0 Å². The van der Waals surface area contributed by atoms with Crippen LogP contribution in [0.2, 0.25) is 10.0 Å². The van der Waals surface area contributed by atoms with Crippen LogP contribution in [0.4, 0.5) is 5.69 Å². The number of hydrogen-bond donors (Lipinski definition) is 1. The molecule has 0 spiro atoms. The van der Waals surface area contributed by atoms with E-state index in [0.29, 0.717) is 22.9 Å². The zero-order valence-corrected chi connectivity index (χ0v) is 15.7. The van der Waals surface area contributed by atoms with Gasteiger partial charge in [0.2, 0.25) is 0 Å². The molecule has 0 saturated carbocycles. The Morgan fingerprint density at radius 1 is 1.08 bits per heavy atom. The number of phenolic OH excluding ortho intramolecular Hbond substituents is 1. The zero-order valence-electron chi connectivity index (χ0n) is 14.2. The second kappa shape index (κ2) is 5.96. The van der Waals surface area contributed by atoms with Crippen LogP contribution in [-0.2, 0) is 0 Å². The molecule has 0 amide bonds. The molecule has 0 unspecified atom stereocenters. The minimum absolute atomic E-state index is 0.135. The van der Waals surface area contributed by atoms with E-state index in [2.05, 4.69) is 20.2 Å². The largest absolute Gasteiger partial charge is 0.505 e. The Labute approximate surface area is 159 Å². The molecular weight excluding hydrogens is 375 g/mol. The Morgan fingerprint density at radius 3 is 2.38 bits per heavy atom. The van der Waals surface area contributed by atoms with Gasteiger partial charge in [0.25, 0.3) is 0 Å². The van der Waals surface area contributed by atoms with E-state index in [-0.39, 0.29) is 15.8 Å². The summed E-state index contributed by atoms with van der Waals surface area (Å²) in [4.78, 5) is 9.03. The minimum Gasteiger partial charge on any atom is -0.505 e. The summed E-state index contributed by atoms with van der Waals surface area (Å²) in [5.41, 5.74) is 3.72. The van der Waals surface area contributed by atoms with E-state index in [1.165, 1.54) is 12.1 Å². The van der Waals surface area contributed by atoms with Crippen LogP contribution >= 0.6 is 23.2 Å². The number of aliphatic imine (C=N–C) groups is 1. The second-order valence-electron chi connectivity index (χ2n) is 5.99. The molecule has 1 aliphatic rings. The van der Waals surface area contributed by atoms with Crippen LogP contribution < -0.4 is 0 Å². The highest BCUT2D eigenvalue weighted by Gasteiger charge is 2.26. The molecule has 0 saturated heterocycles. The van der Waals surface area contributed by atoms with Crippen molar-refractivity contribution in [3.05, 3.63) is 51.7 Å². The van der Waals surface area contributed by atoms with Gasteiger partial charge in [0, 0.05) is 5.69 Å². The smallest absolute Gasteiger partial charge is 0.183 e. The van der Waals surface area contributed by atoms with Gasteiger partial charge in [-0.05, 0) is 39.0 Å². The molecule has 0 radical (unpaired) electrons. The number of hydrogen-bond acceptors (Lipinski definition) is 5. The van der Waals surface area contributed by atoms with E-state index in [1.807, 2.05) is 26.8 Å². The molecule has 2 aromatic heterocycles. The Morgan fingerprint density at radius 2 is 1.77 bits per heavy atom. The maximum Gasteiger partial charge on any atom is 0.183 e. The molecule has 9 heteroatoms. The van der Waals surface area contributed by atoms with Crippen molar-refractivity contribution < 1.29 is 5.11 Å². The molecular formula is C17H14Cl2N6O. The van der Waals surface area contributed by atoms with E-state index in [1.54, 1.807) is 15.6 Å². The van der Waals surface area contributed by atoms with E-state index in [9.17, 15) is 5.11 Å². The van der Waals surface area contributed by atoms with Crippen LogP contribution in [0.5, 0.6) is 5.75 Å². The second-order valence-corrected chi connectivity index (χ2v) is 6.81. The van der Waals surface area contributed by atoms with Gasteiger partial charge in [0.1, 0.15) is 5.71 Å². The summed E-state index contributed by atoms with van der Waals surface area (Å²) in [5.74, 6) is 1.17. The van der Waals surface area contributed by atoms with Gasteiger partial charge in [-0.2, -0.15) is 14.9 Å². The van der Waals surface area contributed by atoms with Crippen molar-refractivity contribution in [1.29, 1.82) is 0 Å². The molecule has 3 aromatic rings. The Balaban J connectivity index is 1.82. The SMILES string of the molecule is CC1=Nn2c(-n3nc(C)cc3C)cnc2C1=Nc1cc(Cl)c(O)c(Cl)c1. The molecule has 1 aliphatic heterocycles. The Bertz CT molecular complexity index is 1090. The number of phenols is 1. The lowest BCUT2D eigenvalue weighted by Gasteiger charge is -2.03. The first-order valence-electron chi connectivity index (χ1n) is 7.79. The number of aryl methyl sites for hydroxylation is 2. The van der Waals surface area contributed by atoms with Crippen LogP contribution in [0.15, 0.2) is 34.5 Å². The summed E-state index contributed by atoms with van der Waals surface area (Å²) in [6.45, 7) is 5.76. The summed E-state index contributed by atoms with van der Waals surface area (Å²) < 4.78 is 3.50. The fraction of sp³-hybridized carbons (Fsp3) is 0.176. The molecule has 0 aliphatic carbocycles. The summed E-state index contributed by atoms with van der Waals surface area (Å²) in [6.07, 6.45) is 1.71. The van der Waals surface area contributed by atoms with Gasteiger partial charge < -0.3 is 5.11 Å². The summed E-state index contributed by atoms with van der Waals surface area (Å²) in [6, 6.07) is 5.06. The lowest BCUT2D eigenvalue weighted by Crippen LogP contribution is -2.08. The van der Waals surface area contributed by atoms with E-state index in [0.717, 1.165) is 17.2 Å². The number of rotatable bonds is 2. The van der Waals surface area contributed by atoms with Crippen LogP contribution in [0.3, 0.4) is 0 Å². The Kier molecular flexibility index (Phi) is 3.86. The lowest BCUT2D eigenvalue weighted by atomic mass is 10.2. The predicted octanol–water partition coefficient (Wildman–Crippen LogP) is 4.06. The highest BCUT2D eigenvalue weighted by Crippen LogP contribution is 2.36. The van der Waals surface area contributed by atoms with E-state index < -0.39 is 0 Å². The minimum atomic E-state index is -0.164. The van der Waals surface area contributed by atoms with Gasteiger partial charge in [-0.1, -0.05) is 23.2 Å². The van der Waals surface area contributed by atoms with Crippen LogP contribution in [-0.4, -0.2) is 36.0 Å². The molecule has 3 heterocycles. The van der Waals surface area contributed by atoms with Gasteiger partial charge in [0.05, 0.1) is 33.3 Å². The van der Waals surface area contributed by atoms with Crippen molar-refractivity contribution in [2.24, 2.45) is 10.1 Å². The fourth-order valence-corrected chi connectivity index (χ4v) is 3.31. The number of fused-ring (bicyclic) bond motifs is 1. The predicted molar refractivity (Wildman–Crippen MR) is 102 cm³/mol. The molecule has 4 rings (SSSR count). The number of nitrogens with zero attached hydrogens (tertiary/aromatic N) is 6. The fourth-order valence-electron chi connectivity index (χ4n) is 2.84. The molecule has 26 heavy (non-hydrogen) atoms. The first-order valence-corrected chi connectivity index (χ1v) is 8.55. The first-order chi connectivity index (χ1) is 12.3. The maximum atomic E-state index is 9.70. The van der Waals surface area contributed by atoms with Crippen molar-refractivity contribution in [2.45, 2.75) is 20.8 Å². The normalized spacial score (nSPS) is 14.8. The van der Waals surface area contributed by atoms with Gasteiger partial charge >= 0.3 is 0 Å². The number of imidazole rings is 1. The molecule has 1 N–H and O–H groups in total. The van der Waals surface area contributed by atoms with Crippen LogP contribution in [0, 0.1) is 13.8 Å². The van der Waals surface area contributed by atoms with Crippen molar-refractivity contribution >= 4 is 40.3 Å².